The molecule has 1 aromatic rings. The molecular weight excluding hydrogens is 272 g/mol. The van der Waals surface area contributed by atoms with Crippen LogP contribution in [0.25, 0.3) is 0 Å². The monoisotopic (exact) mass is 288 g/mol. The van der Waals surface area contributed by atoms with Crippen molar-refractivity contribution in [1.82, 2.24) is 15.1 Å². The number of primary amides is 1. The summed E-state index contributed by atoms with van der Waals surface area (Å²) >= 11 is 3.47. The van der Waals surface area contributed by atoms with E-state index in [1.54, 1.807) is 18.5 Å². The molecule has 0 aliphatic rings. The minimum Gasteiger partial charge on any atom is -0.368 e. The second kappa shape index (κ2) is 4.55. The number of aromatic nitrogens is 2. The lowest BCUT2D eigenvalue weighted by atomic mass is 10.1. The zero-order chi connectivity index (χ0) is 12.5. The molecule has 16 heavy (non-hydrogen) atoms. The van der Waals surface area contributed by atoms with Gasteiger partial charge in [0.25, 0.3) is 0 Å². The molecule has 1 rings (SSSR count). The molecule has 0 fully saturated rings. The number of nitrogens with two attached hydrogens (primary N) is 1. The van der Waals surface area contributed by atoms with Crippen LogP contribution in [0.3, 0.4) is 0 Å². The first-order valence-electron chi connectivity index (χ1n) is 4.98. The third-order valence-corrected chi connectivity index (χ3v) is 3.61. The lowest BCUT2D eigenvalue weighted by Gasteiger charge is -2.22. The quantitative estimate of drug-likeness (QED) is 0.863. The van der Waals surface area contributed by atoms with Crippen molar-refractivity contribution >= 4 is 21.8 Å². The van der Waals surface area contributed by atoms with E-state index in [9.17, 15) is 4.79 Å². The maximum Gasteiger partial charge on any atom is 0.237 e. The van der Waals surface area contributed by atoms with Crippen LogP contribution in [0.5, 0.6) is 0 Å². The fourth-order valence-electron chi connectivity index (χ4n) is 1.26. The summed E-state index contributed by atoms with van der Waals surface area (Å²) in [5, 5.41) is 7.37. The molecule has 0 saturated heterocycles. The highest BCUT2D eigenvalue weighted by atomic mass is 79.9. The summed E-state index contributed by atoms with van der Waals surface area (Å²) in [6.45, 7) is 5.97. The normalized spacial score (nSPS) is 11.8. The fraction of sp³-hybridized carbons (Fsp3) is 0.600. The molecule has 90 valence electrons. The number of rotatable bonds is 4. The summed E-state index contributed by atoms with van der Waals surface area (Å²) in [5.41, 5.74) is 6.47. The van der Waals surface area contributed by atoms with Gasteiger partial charge in [0.2, 0.25) is 5.91 Å². The molecule has 6 heteroatoms. The summed E-state index contributed by atoms with van der Waals surface area (Å²) in [6, 6.07) is 0. The SMILES string of the molecule is Cc1nn(C)c(CNC(C)(C)C(N)=O)c1Br. The Morgan fingerprint density at radius 2 is 2.19 bits per heavy atom. The Hall–Kier alpha value is -0.880. The van der Waals surface area contributed by atoms with E-state index in [0.29, 0.717) is 6.54 Å². The number of carbonyl (C=O) groups excluding carboxylic acids is 1. The fourth-order valence-corrected chi connectivity index (χ4v) is 1.74. The first-order chi connectivity index (χ1) is 7.25. The molecule has 0 aromatic carbocycles. The van der Waals surface area contributed by atoms with E-state index < -0.39 is 5.54 Å². The lowest BCUT2D eigenvalue weighted by molar-refractivity contribution is -0.123. The number of hydrogen-bond acceptors (Lipinski definition) is 3. The highest BCUT2D eigenvalue weighted by Gasteiger charge is 2.24. The Kier molecular flexibility index (Phi) is 3.75. The molecule has 0 unspecified atom stereocenters. The van der Waals surface area contributed by atoms with Crippen molar-refractivity contribution in [1.29, 1.82) is 0 Å². The van der Waals surface area contributed by atoms with Gasteiger partial charge in [-0.05, 0) is 36.7 Å². The largest absolute Gasteiger partial charge is 0.368 e. The van der Waals surface area contributed by atoms with Crippen LogP contribution in [0.15, 0.2) is 4.47 Å². The van der Waals surface area contributed by atoms with E-state index in [-0.39, 0.29) is 5.91 Å². The standard InChI is InChI=1S/C10H17BrN4O/c1-6-8(11)7(15(4)14-6)5-13-10(2,3)9(12)16/h13H,5H2,1-4H3,(H2,12,16). The third kappa shape index (κ3) is 2.62. The predicted octanol–water partition coefficient (Wildman–Crippen LogP) is 0.845. The van der Waals surface area contributed by atoms with E-state index in [4.69, 9.17) is 5.73 Å². The van der Waals surface area contributed by atoms with Crippen molar-refractivity contribution in [2.45, 2.75) is 32.9 Å². The number of hydrogen-bond donors (Lipinski definition) is 2. The summed E-state index contributed by atoms with van der Waals surface area (Å²) in [5.74, 6) is -0.373. The van der Waals surface area contributed by atoms with Crippen LogP contribution >= 0.6 is 15.9 Å². The Morgan fingerprint density at radius 1 is 1.62 bits per heavy atom. The second-order valence-electron chi connectivity index (χ2n) is 4.31. The highest BCUT2D eigenvalue weighted by molar-refractivity contribution is 9.10. The van der Waals surface area contributed by atoms with Crippen molar-refractivity contribution < 1.29 is 4.79 Å². The van der Waals surface area contributed by atoms with Crippen LogP contribution in [-0.4, -0.2) is 21.2 Å². The van der Waals surface area contributed by atoms with E-state index in [1.165, 1.54) is 0 Å². The maximum atomic E-state index is 11.1. The van der Waals surface area contributed by atoms with Gasteiger partial charge in [0.1, 0.15) is 0 Å². The summed E-state index contributed by atoms with van der Waals surface area (Å²) in [7, 11) is 1.87. The van der Waals surface area contributed by atoms with Crippen LogP contribution in [0.4, 0.5) is 0 Å². The molecule has 0 atom stereocenters. The zero-order valence-corrected chi connectivity index (χ0v) is 11.6. The van der Waals surface area contributed by atoms with Gasteiger partial charge in [-0.2, -0.15) is 5.10 Å². The van der Waals surface area contributed by atoms with E-state index in [0.717, 1.165) is 15.9 Å². The van der Waals surface area contributed by atoms with Crippen molar-refractivity contribution in [2.24, 2.45) is 12.8 Å². The van der Waals surface area contributed by atoms with E-state index in [2.05, 4.69) is 26.3 Å². The second-order valence-corrected chi connectivity index (χ2v) is 5.11. The number of aryl methyl sites for hydroxylation is 2. The first kappa shape index (κ1) is 13.2. The molecular formula is C10H17BrN4O. The van der Waals surface area contributed by atoms with Crippen molar-refractivity contribution in [3.63, 3.8) is 0 Å². The Labute approximate surface area is 104 Å². The molecule has 0 radical (unpaired) electrons. The van der Waals surface area contributed by atoms with Gasteiger partial charge >= 0.3 is 0 Å². The zero-order valence-electron chi connectivity index (χ0n) is 9.97. The topological polar surface area (TPSA) is 72.9 Å². The molecule has 1 aromatic heterocycles. The minimum absolute atomic E-state index is 0.373. The highest BCUT2D eigenvalue weighted by Crippen LogP contribution is 2.20. The van der Waals surface area contributed by atoms with E-state index in [1.807, 2.05) is 14.0 Å². The number of amides is 1. The maximum absolute atomic E-state index is 11.1. The molecule has 0 bridgehead atoms. The van der Waals surface area contributed by atoms with Crippen molar-refractivity contribution in [3.8, 4) is 0 Å². The van der Waals surface area contributed by atoms with Gasteiger partial charge in [0, 0.05) is 13.6 Å². The summed E-state index contributed by atoms with van der Waals surface area (Å²) in [4.78, 5) is 11.1. The van der Waals surface area contributed by atoms with Crippen LogP contribution in [0.1, 0.15) is 25.2 Å². The Balaban J connectivity index is 2.79. The molecule has 5 nitrogen and oxygen atoms in total. The minimum atomic E-state index is -0.725. The Morgan fingerprint density at radius 3 is 2.56 bits per heavy atom. The van der Waals surface area contributed by atoms with Gasteiger partial charge in [-0.3, -0.25) is 14.8 Å². The van der Waals surface area contributed by atoms with Gasteiger partial charge in [-0.1, -0.05) is 0 Å². The number of carbonyl (C=O) groups is 1. The molecule has 0 aliphatic heterocycles. The van der Waals surface area contributed by atoms with Gasteiger partial charge in [-0.25, -0.2) is 0 Å². The van der Waals surface area contributed by atoms with Crippen LogP contribution in [0.2, 0.25) is 0 Å². The molecule has 1 heterocycles. The molecule has 0 saturated carbocycles. The lowest BCUT2D eigenvalue weighted by Crippen LogP contribution is -2.50. The molecule has 3 N–H and O–H groups in total. The number of nitrogens with one attached hydrogen (secondary N) is 1. The smallest absolute Gasteiger partial charge is 0.237 e. The summed E-state index contributed by atoms with van der Waals surface area (Å²) in [6.07, 6.45) is 0. The van der Waals surface area contributed by atoms with Crippen molar-refractivity contribution in [3.05, 3.63) is 15.9 Å². The third-order valence-electron chi connectivity index (χ3n) is 2.58. The summed E-state index contributed by atoms with van der Waals surface area (Å²) < 4.78 is 2.74. The predicted molar refractivity (Wildman–Crippen MR) is 65.8 cm³/mol. The number of nitrogens with zero attached hydrogens (tertiary/aromatic N) is 2. The average Bonchev–Trinajstić information content (AvgIpc) is 2.39. The molecule has 0 spiro atoms. The van der Waals surface area contributed by atoms with Gasteiger partial charge in [-0.15, -0.1) is 0 Å². The van der Waals surface area contributed by atoms with Gasteiger partial charge in [0.15, 0.2) is 0 Å². The van der Waals surface area contributed by atoms with Gasteiger partial charge < -0.3 is 5.73 Å². The van der Waals surface area contributed by atoms with Gasteiger partial charge in [0.05, 0.1) is 21.4 Å². The van der Waals surface area contributed by atoms with Crippen molar-refractivity contribution in [2.75, 3.05) is 0 Å². The van der Waals surface area contributed by atoms with Crippen LogP contribution in [-0.2, 0) is 18.4 Å². The molecule has 1 amide bonds. The molecule has 0 aliphatic carbocycles. The number of halogens is 1. The first-order valence-corrected chi connectivity index (χ1v) is 5.78. The van der Waals surface area contributed by atoms with E-state index >= 15 is 0 Å². The average molecular weight is 289 g/mol. The van der Waals surface area contributed by atoms with Crippen LogP contribution in [0, 0.1) is 6.92 Å². The van der Waals surface area contributed by atoms with Crippen LogP contribution < -0.4 is 11.1 Å². The Bertz CT molecular complexity index is 411.